The molecule has 0 bridgehead atoms. The highest BCUT2D eigenvalue weighted by Gasteiger charge is 2.39. The molecule has 0 amide bonds. The van der Waals surface area contributed by atoms with Gasteiger partial charge in [0.05, 0.1) is 6.54 Å². The van der Waals surface area contributed by atoms with Crippen LogP contribution < -0.4 is 10.6 Å². The summed E-state index contributed by atoms with van der Waals surface area (Å²) in [6.07, 6.45) is 4.71. The van der Waals surface area contributed by atoms with Crippen LogP contribution in [0.15, 0.2) is 21.8 Å². The molecule has 2 fully saturated rings. The van der Waals surface area contributed by atoms with Crippen molar-refractivity contribution >= 4 is 17.3 Å². The summed E-state index contributed by atoms with van der Waals surface area (Å²) in [5.41, 5.74) is 0.124. The molecule has 1 atom stereocenters. The Bertz CT molecular complexity index is 591. The molecule has 6 nitrogen and oxygen atoms in total. The number of aliphatic hydroxyl groups is 1. The van der Waals surface area contributed by atoms with Crippen molar-refractivity contribution in [2.24, 2.45) is 4.99 Å². The van der Waals surface area contributed by atoms with E-state index in [1.807, 2.05) is 23.8 Å². The van der Waals surface area contributed by atoms with Crippen LogP contribution in [0.2, 0.25) is 0 Å². The Morgan fingerprint density at radius 2 is 2.07 bits per heavy atom. The highest BCUT2D eigenvalue weighted by atomic mass is 32.1. The number of hydrogen-bond donors (Lipinski definition) is 3. The summed E-state index contributed by atoms with van der Waals surface area (Å²) < 4.78 is 5.64. The Hall–Kier alpha value is -1.15. The highest BCUT2D eigenvalue weighted by Crippen LogP contribution is 2.30. The van der Waals surface area contributed by atoms with Crippen molar-refractivity contribution in [3.63, 3.8) is 0 Å². The third kappa shape index (κ3) is 5.22. The Kier molecular flexibility index (Phi) is 7.14. The van der Waals surface area contributed by atoms with Gasteiger partial charge in [-0.3, -0.25) is 4.90 Å². The molecule has 2 saturated heterocycles. The molecule has 27 heavy (non-hydrogen) atoms. The van der Waals surface area contributed by atoms with Gasteiger partial charge in [-0.1, -0.05) is 0 Å². The molecule has 152 valence electrons. The topological polar surface area (TPSA) is 69.1 Å². The average Bonchev–Trinajstić information content (AvgIpc) is 3.39. The molecule has 2 aliphatic rings. The Labute approximate surface area is 167 Å². The van der Waals surface area contributed by atoms with Gasteiger partial charge in [0.25, 0.3) is 0 Å². The maximum Gasteiger partial charge on any atom is 0.191 e. The zero-order valence-electron chi connectivity index (χ0n) is 16.7. The van der Waals surface area contributed by atoms with E-state index in [0.717, 1.165) is 50.7 Å². The van der Waals surface area contributed by atoms with E-state index in [1.165, 1.54) is 25.9 Å². The molecule has 3 rings (SSSR count). The standard InChI is InChI=1S/C20H34N4O2S/c1-3-21-18(22-15-19(2,25)17-6-13-27-14-17)23-16-20(7-11-26-12-8-20)24-9-4-5-10-24/h6,13-14,25H,3-5,7-12,15-16H2,1-2H3,(H2,21,22,23). The van der Waals surface area contributed by atoms with Gasteiger partial charge in [-0.05, 0) is 75.0 Å². The van der Waals surface area contributed by atoms with Gasteiger partial charge in [0.2, 0.25) is 0 Å². The highest BCUT2D eigenvalue weighted by molar-refractivity contribution is 7.08. The summed E-state index contributed by atoms with van der Waals surface area (Å²) in [7, 11) is 0. The van der Waals surface area contributed by atoms with Gasteiger partial charge in [0.1, 0.15) is 5.60 Å². The van der Waals surface area contributed by atoms with Crippen LogP contribution in [0.5, 0.6) is 0 Å². The third-order valence-electron chi connectivity index (χ3n) is 5.82. The van der Waals surface area contributed by atoms with Gasteiger partial charge in [0, 0.05) is 31.8 Å². The smallest absolute Gasteiger partial charge is 0.191 e. The first-order valence-corrected chi connectivity index (χ1v) is 11.1. The van der Waals surface area contributed by atoms with E-state index in [4.69, 9.17) is 4.74 Å². The zero-order chi connectivity index (χ0) is 19.2. The molecule has 2 aliphatic heterocycles. The first kappa shape index (κ1) is 20.6. The Morgan fingerprint density at radius 3 is 2.70 bits per heavy atom. The second-order valence-corrected chi connectivity index (χ2v) is 8.65. The third-order valence-corrected chi connectivity index (χ3v) is 6.50. The van der Waals surface area contributed by atoms with E-state index in [1.54, 1.807) is 11.3 Å². The van der Waals surface area contributed by atoms with Crippen LogP contribution in [-0.4, -0.2) is 67.4 Å². The number of likely N-dealkylation sites (tertiary alicyclic amines) is 1. The molecular formula is C20H34N4O2S. The van der Waals surface area contributed by atoms with E-state index in [2.05, 4.69) is 27.4 Å². The van der Waals surface area contributed by atoms with Crippen LogP contribution in [0.4, 0.5) is 0 Å². The van der Waals surface area contributed by atoms with E-state index < -0.39 is 5.60 Å². The molecule has 0 spiro atoms. The van der Waals surface area contributed by atoms with Crippen molar-refractivity contribution in [2.45, 2.75) is 50.7 Å². The Morgan fingerprint density at radius 1 is 1.33 bits per heavy atom. The summed E-state index contributed by atoms with van der Waals surface area (Å²) in [6, 6.07) is 1.96. The fraction of sp³-hybridized carbons (Fsp3) is 0.750. The van der Waals surface area contributed by atoms with Crippen LogP contribution in [0.3, 0.4) is 0 Å². The van der Waals surface area contributed by atoms with Gasteiger partial charge in [0.15, 0.2) is 5.96 Å². The first-order valence-electron chi connectivity index (χ1n) is 10.2. The molecule has 1 aromatic heterocycles. The minimum Gasteiger partial charge on any atom is -0.383 e. The minimum absolute atomic E-state index is 0.154. The number of rotatable bonds is 7. The van der Waals surface area contributed by atoms with Gasteiger partial charge < -0.3 is 20.5 Å². The maximum absolute atomic E-state index is 10.8. The second kappa shape index (κ2) is 9.37. The quantitative estimate of drug-likeness (QED) is 0.488. The SMILES string of the molecule is CCNC(=NCC(C)(O)c1ccsc1)NCC1(N2CCCC2)CCOCC1. The number of hydrogen-bond acceptors (Lipinski definition) is 5. The number of nitrogens with one attached hydrogen (secondary N) is 2. The van der Waals surface area contributed by atoms with E-state index in [0.29, 0.717) is 6.54 Å². The first-order chi connectivity index (χ1) is 13.1. The predicted octanol–water partition coefficient (Wildman–Crippen LogP) is 2.16. The molecule has 3 heterocycles. The Balaban J connectivity index is 1.65. The molecule has 3 N–H and O–H groups in total. The fourth-order valence-corrected chi connectivity index (χ4v) is 4.82. The van der Waals surface area contributed by atoms with Crippen molar-refractivity contribution < 1.29 is 9.84 Å². The van der Waals surface area contributed by atoms with Crippen LogP contribution in [0.1, 0.15) is 45.1 Å². The van der Waals surface area contributed by atoms with Crippen molar-refractivity contribution in [1.29, 1.82) is 0 Å². The molecule has 1 unspecified atom stereocenters. The van der Waals surface area contributed by atoms with E-state index in [9.17, 15) is 5.11 Å². The molecule has 0 aromatic carbocycles. The lowest BCUT2D eigenvalue weighted by molar-refractivity contribution is -0.0164. The molecular weight excluding hydrogens is 360 g/mol. The van der Waals surface area contributed by atoms with Crippen molar-refractivity contribution in [3.05, 3.63) is 22.4 Å². The largest absolute Gasteiger partial charge is 0.383 e. The lowest BCUT2D eigenvalue weighted by Crippen LogP contribution is -2.58. The molecule has 7 heteroatoms. The maximum atomic E-state index is 10.8. The molecule has 1 aromatic rings. The normalized spacial score (nSPS) is 23.1. The molecule has 0 aliphatic carbocycles. The van der Waals surface area contributed by atoms with Crippen molar-refractivity contribution in [3.8, 4) is 0 Å². The van der Waals surface area contributed by atoms with Crippen molar-refractivity contribution in [2.75, 3.05) is 45.9 Å². The number of aliphatic imine (C=N–C) groups is 1. The van der Waals surface area contributed by atoms with Crippen LogP contribution in [0, 0.1) is 0 Å². The number of thiophene rings is 1. The van der Waals surface area contributed by atoms with Crippen molar-refractivity contribution in [1.82, 2.24) is 15.5 Å². The van der Waals surface area contributed by atoms with Crippen LogP contribution in [0.25, 0.3) is 0 Å². The molecule has 0 saturated carbocycles. The number of ether oxygens (including phenoxy) is 1. The van der Waals surface area contributed by atoms with Gasteiger partial charge in [-0.25, -0.2) is 4.99 Å². The summed E-state index contributed by atoms with van der Waals surface area (Å²) in [5.74, 6) is 0.776. The molecule has 0 radical (unpaired) electrons. The van der Waals surface area contributed by atoms with Crippen LogP contribution in [-0.2, 0) is 10.3 Å². The number of guanidine groups is 1. The lowest BCUT2D eigenvalue weighted by Gasteiger charge is -2.45. The number of nitrogens with zero attached hydrogens (tertiary/aromatic N) is 2. The van der Waals surface area contributed by atoms with E-state index >= 15 is 0 Å². The fourth-order valence-electron chi connectivity index (χ4n) is 4.03. The summed E-state index contributed by atoms with van der Waals surface area (Å²) in [4.78, 5) is 7.33. The summed E-state index contributed by atoms with van der Waals surface area (Å²) >= 11 is 1.60. The van der Waals surface area contributed by atoms with Gasteiger partial charge in [-0.2, -0.15) is 11.3 Å². The minimum atomic E-state index is -0.951. The van der Waals surface area contributed by atoms with E-state index in [-0.39, 0.29) is 5.54 Å². The van der Waals surface area contributed by atoms with Gasteiger partial charge >= 0.3 is 0 Å². The second-order valence-electron chi connectivity index (χ2n) is 7.87. The zero-order valence-corrected chi connectivity index (χ0v) is 17.5. The van der Waals surface area contributed by atoms with Gasteiger partial charge in [-0.15, -0.1) is 0 Å². The summed E-state index contributed by atoms with van der Waals surface area (Å²) in [6.45, 7) is 9.92. The monoisotopic (exact) mass is 394 g/mol. The lowest BCUT2D eigenvalue weighted by atomic mass is 9.88. The van der Waals surface area contributed by atoms with Crippen LogP contribution >= 0.6 is 11.3 Å². The average molecular weight is 395 g/mol. The predicted molar refractivity (Wildman–Crippen MR) is 111 cm³/mol. The summed E-state index contributed by atoms with van der Waals surface area (Å²) in [5, 5.41) is 21.6.